The zero-order chi connectivity index (χ0) is 83.0. The second kappa shape index (κ2) is 35.8. The number of likely N-dealkylation sites (N-methyl/N-ethyl adjacent to an activating group) is 2. The third-order valence-electron chi connectivity index (χ3n) is 22.4. The van der Waals surface area contributed by atoms with Crippen LogP contribution < -0.4 is 46.7 Å². The van der Waals surface area contributed by atoms with E-state index in [0.717, 1.165) is 21.5 Å². The minimum absolute atomic E-state index is 0.0309. The first-order valence-corrected chi connectivity index (χ1v) is 39.2. The van der Waals surface area contributed by atoms with Crippen LogP contribution in [0.25, 0.3) is 21.5 Å². The lowest BCUT2D eigenvalue weighted by molar-refractivity contribution is -0.154. The number of nitrogens with zero attached hydrogens (tertiary/aromatic N) is 9. The number of rotatable bonds is 15. The molecule has 0 unspecified atom stereocenters. The van der Waals surface area contributed by atoms with E-state index >= 15 is 28.8 Å². The molecule has 2 aromatic heterocycles. The summed E-state index contributed by atoms with van der Waals surface area (Å²) in [4.78, 5) is 164. The summed E-state index contributed by atoms with van der Waals surface area (Å²) in [6.45, 7) is 13.4. The van der Waals surface area contributed by atoms with Gasteiger partial charge in [-0.25, -0.2) is 9.36 Å². The Morgan fingerprint density at radius 1 is 0.509 bits per heavy atom. The molecule has 7 aliphatic rings. The molecule has 8 aromatic rings. The van der Waals surface area contributed by atoms with E-state index in [0.29, 0.717) is 45.1 Å². The van der Waals surface area contributed by atoms with Gasteiger partial charge in [-0.05, 0) is 120 Å². The van der Waals surface area contributed by atoms with Gasteiger partial charge in [0.05, 0.1) is 54.4 Å². The highest BCUT2D eigenvalue weighted by Gasteiger charge is 2.50. The van der Waals surface area contributed by atoms with Gasteiger partial charge in [0.25, 0.3) is 0 Å². The van der Waals surface area contributed by atoms with E-state index in [1.54, 1.807) is 130 Å². The highest BCUT2D eigenvalue weighted by molar-refractivity contribution is 5.99. The fourth-order valence-electron chi connectivity index (χ4n) is 15.1. The number of aromatic nitrogens is 6. The fourth-order valence-corrected chi connectivity index (χ4v) is 15.1. The van der Waals surface area contributed by atoms with Crippen molar-refractivity contribution in [1.29, 1.82) is 0 Å². The van der Waals surface area contributed by atoms with Gasteiger partial charge in [-0.15, -0.1) is 10.2 Å². The number of carboxylic acids is 2. The molecule has 15 rings (SSSR count). The lowest BCUT2D eigenvalue weighted by atomic mass is 9.85. The van der Waals surface area contributed by atoms with Crippen LogP contribution in [0.15, 0.2) is 146 Å². The molecule has 12 bridgehead atoms. The van der Waals surface area contributed by atoms with Crippen molar-refractivity contribution in [2.24, 2.45) is 22.7 Å². The Labute approximate surface area is 671 Å². The third kappa shape index (κ3) is 20.0. The second-order valence-corrected chi connectivity index (χ2v) is 33.0. The molecule has 9 heterocycles. The molecule has 9 N–H and O–H groups in total. The summed E-state index contributed by atoms with van der Waals surface area (Å²) in [5.74, 6) is -9.16. The minimum atomic E-state index is -1.40. The number of likely N-dealkylation sites (tertiary alicyclic amines) is 3. The number of hydrogen-bond donors (Lipinski definition) is 9. The molecule has 6 aromatic carbocycles. The van der Waals surface area contributed by atoms with Gasteiger partial charge < -0.3 is 71.6 Å². The molecule has 7 aliphatic heterocycles. The predicted octanol–water partition coefficient (Wildman–Crippen LogP) is 4.84. The number of nitrogens with one attached hydrogen (secondary N) is 7. The zero-order valence-corrected chi connectivity index (χ0v) is 66.8. The number of ketones is 1. The highest BCUT2D eigenvalue weighted by atomic mass is 16.5. The van der Waals surface area contributed by atoms with Crippen molar-refractivity contribution in [3.63, 3.8) is 0 Å². The summed E-state index contributed by atoms with van der Waals surface area (Å²) in [6, 6.07) is 28.2. The number of carboxylic acid groups (broad SMARTS) is 2. The molecule has 3 fully saturated rings. The molecule has 0 radical (unpaired) electrons. The van der Waals surface area contributed by atoms with Gasteiger partial charge >= 0.3 is 11.9 Å². The predicted molar refractivity (Wildman–Crippen MR) is 427 cm³/mol. The van der Waals surface area contributed by atoms with Crippen molar-refractivity contribution >= 4 is 86.5 Å². The molecule has 0 saturated carbocycles. The lowest BCUT2D eigenvalue weighted by Crippen LogP contribution is -2.62. The van der Waals surface area contributed by atoms with Gasteiger partial charge in [0.2, 0.25) is 47.3 Å². The number of ether oxygens (including phenoxy) is 2. The number of benzene rings is 6. The lowest BCUT2D eigenvalue weighted by Gasteiger charge is -2.39. The molecule has 8 amide bonds. The van der Waals surface area contributed by atoms with Gasteiger partial charge in [-0.3, -0.25) is 52.7 Å². The van der Waals surface area contributed by atoms with E-state index in [-0.39, 0.29) is 77.9 Å². The van der Waals surface area contributed by atoms with Crippen molar-refractivity contribution in [2.45, 2.75) is 180 Å². The smallest absolute Gasteiger partial charge is 0.310 e. The van der Waals surface area contributed by atoms with Crippen LogP contribution in [0.3, 0.4) is 0 Å². The van der Waals surface area contributed by atoms with Gasteiger partial charge in [0, 0.05) is 58.3 Å². The average Bonchev–Trinajstić information content (AvgIpc) is 1.64. The van der Waals surface area contributed by atoms with E-state index in [4.69, 9.17) is 9.47 Å². The van der Waals surface area contributed by atoms with Crippen LogP contribution in [0, 0.1) is 22.7 Å². The van der Waals surface area contributed by atoms with Gasteiger partial charge in [0.1, 0.15) is 72.4 Å². The molecule has 31 nitrogen and oxygen atoms in total. The monoisotopic (exact) mass is 1590 g/mol. The SMILES string of the molecule is CN[C@@H](C)C(=O)N[C@H](C(=O)N1C[C@@H]2C[C@H]1C(=O)N[C@@H](Cc1ccc3ccccc3c1)C(=O)C[C@H](C(=O)O)Cc1ccc(cc1)OCc1cn(nn1)[C@H]1C[C@@H](C(=O)N[C@@H](Cc3ccc4ccccc4c3)C(=O)N[C@H](C(=O)N3CC(C(=O)O)C3)Cc3ccc(cc3)OCc3cn2nn3)N(C(=O)[C@@H](NC(=O)[C@H](C)NC)C(C)(C)C)C1)C(C)(C)C. The zero-order valence-electron chi connectivity index (χ0n) is 66.8. The van der Waals surface area contributed by atoms with Crippen LogP contribution >= 0.6 is 0 Å². The maximum atomic E-state index is 15.5. The maximum absolute atomic E-state index is 15.5. The minimum Gasteiger partial charge on any atom is -0.487 e. The van der Waals surface area contributed by atoms with Crippen LogP contribution in [0.4, 0.5) is 0 Å². The molecule has 0 spiro atoms. The van der Waals surface area contributed by atoms with E-state index in [2.05, 4.69) is 57.8 Å². The number of amides is 8. The van der Waals surface area contributed by atoms with Crippen LogP contribution in [0.5, 0.6) is 11.5 Å². The van der Waals surface area contributed by atoms with Gasteiger partial charge in [-0.2, -0.15) is 0 Å². The average molecular weight is 1590 g/mol. The van der Waals surface area contributed by atoms with E-state index in [9.17, 15) is 34.2 Å². The first-order valence-electron chi connectivity index (χ1n) is 39.2. The summed E-state index contributed by atoms with van der Waals surface area (Å²) in [6.07, 6.45) is 2.31. The third-order valence-corrected chi connectivity index (χ3v) is 22.4. The normalized spacial score (nSPS) is 22.0. The molecule has 116 heavy (non-hydrogen) atoms. The second-order valence-electron chi connectivity index (χ2n) is 33.0. The quantitative estimate of drug-likeness (QED) is 0.0663. The number of hydrogen-bond acceptors (Lipinski definition) is 19. The highest BCUT2D eigenvalue weighted by Crippen LogP contribution is 2.35. The summed E-state index contributed by atoms with van der Waals surface area (Å²) >= 11 is 0. The molecular weight excluding hydrogens is 1490 g/mol. The Balaban J connectivity index is 0.888. The molecule has 31 heteroatoms. The largest absolute Gasteiger partial charge is 0.487 e. The van der Waals surface area contributed by atoms with Crippen molar-refractivity contribution in [3.8, 4) is 11.5 Å². The first kappa shape index (κ1) is 83.4. The number of aliphatic carboxylic acids is 2. The van der Waals surface area contributed by atoms with Crippen molar-refractivity contribution in [3.05, 3.63) is 179 Å². The van der Waals surface area contributed by atoms with Crippen LogP contribution in [-0.4, -0.2) is 215 Å². The van der Waals surface area contributed by atoms with Crippen LogP contribution in [-0.2, 0) is 91.6 Å². The van der Waals surface area contributed by atoms with E-state index in [1.807, 2.05) is 84.9 Å². The number of carbonyl (C=O) groups is 11. The van der Waals surface area contributed by atoms with Crippen molar-refractivity contribution in [2.75, 3.05) is 40.3 Å². The summed E-state index contributed by atoms with van der Waals surface area (Å²) in [5.41, 5.74) is 1.31. The van der Waals surface area contributed by atoms with Crippen LogP contribution in [0.1, 0.15) is 120 Å². The van der Waals surface area contributed by atoms with E-state index in [1.165, 1.54) is 24.1 Å². The Kier molecular flexibility index (Phi) is 25.8. The molecular formula is C85H102N16O15. The Morgan fingerprint density at radius 3 is 1.36 bits per heavy atom. The first-order chi connectivity index (χ1) is 55.3. The number of carbonyl (C=O) groups excluding carboxylic acids is 9. The maximum Gasteiger partial charge on any atom is 0.310 e. The standard InChI is InChI=1S/C85H102N16O15/c1-48(86-9)74(103)91-72(84(3,4)5)80(109)98-44-62-38-69(98)77(106)88-66(35-52-19-25-54-15-11-13-17-56(54)32-52)71(102)37-58(82(111)112)31-50-21-27-64(28-22-50)115-46-60-43-101(96-93-60)63-39-70(99(45-63)81(110)73(85(6,7)8)92-75(104)49(2)87-10)78(107)89-67(36-53-20-26-55-16-12-14-18-57(55)33-53)76(105)90-68(79(108)97-40-59(41-97)83(113)114)34-51-23-29-65(30-24-51)116-47-61-42-100(62)95-94-61/h11-30,32-33,42-43,48-49,58-59,62-63,66-70,72-73,86-87H,31,34-41,44-47H2,1-10H3,(H,88,106)(H,89,107)(H,90,105)(H,91,103)(H,92,104)(H,111,112)(H,113,114)/t48-,49-,58+,62-,63-,66-,67-,68-,69-,70-,72+,73+/m0/s1. The Hall–Kier alpha value is -12.0. The van der Waals surface area contributed by atoms with Crippen molar-refractivity contribution in [1.82, 2.24) is 81.9 Å². The van der Waals surface area contributed by atoms with Gasteiger partial charge in [0.15, 0.2) is 5.78 Å². The van der Waals surface area contributed by atoms with Crippen molar-refractivity contribution < 1.29 is 72.4 Å². The fraction of sp³-hybridized carbons (Fsp3) is 0.447. The molecule has 612 valence electrons. The Bertz CT molecular complexity index is 4970. The topological polar surface area (TPSA) is 402 Å². The number of fused-ring (bicyclic) bond motifs is 2. The van der Waals surface area contributed by atoms with Crippen LogP contribution in [0.2, 0.25) is 0 Å². The molecule has 0 aliphatic carbocycles. The summed E-state index contributed by atoms with van der Waals surface area (Å²) in [7, 11) is 3.22. The number of Topliss-reactive ketones (excluding diaryl/α,β-unsaturated/α-hetero) is 1. The Morgan fingerprint density at radius 2 is 0.931 bits per heavy atom. The molecule has 3 saturated heterocycles. The molecule has 12 atom stereocenters. The van der Waals surface area contributed by atoms with E-state index < -0.39 is 161 Å². The summed E-state index contributed by atoms with van der Waals surface area (Å²) < 4.78 is 15.5. The summed E-state index contributed by atoms with van der Waals surface area (Å²) in [5, 5.41) is 62.7. The van der Waals surface area contributed by atoms with Gasteiger partial charge in [-0.1, -0.05) is 161 Å².